The van der Waals surface area contributed by atoms with Crippen LogP contribution in [0.15, 0.2) is 53.3 Å². The number of aryl methyl sites for hydroxylation is 2. The Labute approximate surface area is 152 Å². The lowest BCUT2D eigenvalue weighted by molar-refractivity contribution is -0.0225. The van der Waals surface area contributed by atoms with E-state index in [1.54, 1.807) is 16.2 Å². The summed E-state index contributed by atoms with van der Waals surface area (Å²) >= 11 is 0. The van der Waals surface area contributed by atoms with Crippen LogP contribution in [0, 0.1) is 0 Å². The minimum atomic E-state index is -0.729. The van der Waals surface area contributed by atoms with Gasteiger partial charge in [0.05, 0.1) is 36.4 Å². The summed E-state index contributed by atoms with van der Waals surface area (Å²) in [6.07, 6.45) is 2.45. The third-order valence-electron chi connectivity index (χ3n) is 5.25. The molecule has 1 aliphatic carbocycles. The number of aliphatic hydroxyl groups excluding tert-OH is 1. The Kier molecular flexibility index (Phi) is 4.66. The van der Waals surface area contributed by atoms with Gasteiger partial charge in [0.25, 0.3) is 0 Å². The zero-order valence-corrected chi connectivity index (χ0v) is 15.0. The summed E-state index contributed by atoms with van der Waals surface area (Å²) in [7, 11) is 1.75. The average Bonchev–Trinajstić information content (AvgIpc) is 2.91. The summed E-state index contributed by atoms with van der Waals surface area (Å²) in [5.41, 5.74) is 4.15. The number of nitrogens with zero attached hydrogens (tertiary/aromatic N) is 2. The van der Waals surface area contributed by atoms with Gasteiger partial charge in [-0.3, -0.25) is 9.13 Å². The third-order valence-corrected chi connectivity index (χ3v) is 5.25. The highest BCUT2D eigenvalue weighted by atomic mass is 16.5. The molecule has 0 amide bonds. The van der Waals surface area contributed by atoms with Crippen molar-refractivity contribution in [2.75, 3.05) is 6.61 Å². The van der Waals surface area contributed by atoms with E-state index in [-0.39, 0.29) is 24.9 Å². The van der Waals surface area contributed by atoms with Crippen LogP contribution in [0.3, 0.4) is 0 Å². The van der Waals surface area contributed by atoms with E-state index in [1.165, 1.54) is 11.1 Å². The molecule has 0 fully saturated rings. The Balaban J connectivity index is 1.47. The number of ether oxygens (including phenoxy) is 1. The molecule has 2 unspecified atom stereocenters. The number of imidazole rings is 1. The van der Waals surface area contributed by atoms with Gasteiger partial charge >= 0.3 is 5.69 Å². The van der Waals surface area contributed by atoms with Crippen LogP contribution in [0.4, 0.5) is 0 Å². The lowest BCUT2D eigenvalue weighted by Gasteiger charge is -2.26. The van der Waals surface area contributed by atoms with E-state index in [2.05, 4.69) is 18.2 Å². The maximum atomic E-state index is 12.5. The molecule has 0 radical (unpaired) electrons. The number of fused-ring (bicyclic) bond motifs is 2. The van der Waals surface area contributed by atoms with Crippen molar-refractivity contribution < 1.29 is 9.84 Å². The van der Waals surface area contributed by atoms with Crippen molar-refractivity contribution >= 4 is 11.0 Å². The second-order valence-electron chi connectivity index (χ2n) is 7.01. The quantitative estimate of drug-likeness (QED) is 0.768. The zero-order chi connectivity index (χ0) is 18.1. The molecule has 136 valence electrons. The highest BCUT2D eigenvalue weighted by Gasteiger charge is 2.22. The van der Waals surface area contributed by atoms with Crippen LogP contribution in [0.1, 0.15) is 30.1 Å². The van der Waals surface area contributed by atoms with Crippen LogP contribution in [0.5, 0.6) is 0 Å². The number of para-hydroxylation sites is 2. The van der Waals surface area contributed by atoms with Crippen LogP contribution in [0.2, 0.25) is 0 Å². The molecule has 0 spiro atoms. The second-order valence-corrected chi connectivity index (χ2v) is 7.01. The van der Waals surface area contributed by atoms with Crippen molar-refractivity contribution in [2.24, 2.45) is 7.05 Å². The molecule has 3 aromatic rings. The fraction of sp³-hybridized carbons (Fsp3) is 0.381. The van der Waals surface area contributed by atoms with Gasteiger partial charge < -0.3 is 9.84 Å². The van der Waals surface area contributed by atoms with Crippen LogP contribution < -0.4 is 5.69 Å². The molecule has 4 rings (SSSR count). The standard InChI is InChI=1S/C21H24N2O3/c1-22-18-10-4-5-11-19(18)23(21(22)25)13-16(24)14-26-20-12-6-8-15-7-2-3-9-17(15)20/h2-5,7,9-11,16,20,24H,6,8,12-14H2,1H3. The summed E-state index contributed by atoms with van der Waals surface area (Å²) in [4.78, 5) is 12.5. The Morgan fingerprint density at radius 1 is 1.15 bits per heavy atom. The first-order valence-corrected chi connectivity index (χ1v) is 9.17. The topological polar surface area (TPSA) is 56.4 Å². The summed E-state index contributed by atoms with van der Waals surface area (Å²) in [5, 5.41) is 10.5. The van der Waals surface area contributed by atoms with Crippen molar-refractivity contribution in [2.45, 2.75) is 38.0 Å². The lowest BCUT2D eigenvalue weighted by atomic mass is 9.89. The summed E-state index contributed by atoms with van der Waals surface area (Å²) in [5.74, 6) is 0. The van der Waals surface area contributed by atoms with Gasteiger partial charge in [0.2, 0.25) is 0 Å². The molecule has 1 heterocycles. The van der Waals surface area contributed by atoms with Crippen LogP contribution in [-0.2, 0) is 24.8 Å². The number of rotatable bonds is 5. The minimum Gasteiger partial charge on any atom is -0.389 e. The van der Waals surface area contributed by atoms with Crippen LogP contribution in [-0.4, -0.2) is 27.0 Å². The molecule has 0 aliphatic heterocycles. The Hall–Kier alpha value is -2.37. The first kappa shape index (κ1) is 17.1. The highest BCUT2D eigenvalue weighted by Crippen LogP contribution is 2.32. The van der Waals surface area contributed by atoms with Gasteiger partial charge in [-0.15, -0.1) is 0 Å². The van der Waals surface area contributed by atoms with Crippen LogP contribution >= 0.6 is 0 Å². The summed E-state index contributed by atoms with van der Waals surface area (Å²) < 4.78 is 9.26. The SMILES string of the molecule is Cn1c(=O)n(CC(O)COC2CCCc3ccccc32)c2ccccc21. The number of hydrogen-bond acceptors (Lipinski definition) is 3. The van der Waals surface area contributed by atoms with E-state index >= 15 is 0 Å². The van der Waals surface area contributed by atoms with Gasteiger partial charge in [-0.1, -0.05) is 36.4 Å². The molecule has 5 nitrogen and oxygen atoms in total. The zero-order valence-electron chi connectivity index (χ0n) is 15.0. The van der Waals surface area contributed by atoms with Gasteiger partial charge in [-0.2, -0.15) is 0 Å². The van der Waals surface area contributed by atoms with Gasteiger partial charge in [0.1, 0.15) is 0 Å². The fourth-order valence-electron chi connectivity index (χ4n) is 3.91. The van der Waals surface area contributed by atoms with Crippen molar-refractivity contribution in [1.82, 2.24) is 9.13 Å². The molecular formula is C21H24N2O3. The molecule has 1 aliphatic rings. The van der Waals surface area contributed by atoms with Crippen molar-refractivity contribution in [3.05, 3.63) is 70.1 Å². The number of hydrogen-bond donors (Lipinski definition) is 1. The van der Waals surface area contributed by atoms with Crippen molar-refractivity contribution in [1.29, 1.82) is 0 Å². The second kappa shape index (κ2) is 7.09. The first-order valence-electron chi connectivity index (χ1n) is 9.17. The maximum absolute atomic E-state index is 12.5. The third kappa shape index (κ3) is 3.08. The maximum Gasteiger partial charge on any atom is 0.328 e. The van der Waals surface area contributed by atoms with E-state index in [0.29, 0.717) is 0 Å². The molecular weight excluding hydrogens is 328 g/mol. The molecule has 0 saturated heterocycles. The van der Waals surface area contributed by atoms with E-state index in [1.807, 2.05) is 30.3 Å². The molecule has 5 heteroatoms. The molecule has 0 bridgehead atoms. The number of benzene rings is 2. The summed E-state index contributed by atoms with van der Waals surface area (Å²) in [6.45, 7) is 0.448. The van der Waals surface area contributed by atoms with Gasteiger partial charge in [-0.25, -0.2) is 4.79 Å². The Morgan fingerprint density at radius 3 is 2.73 bits per heavy atom. The molecule has 2 atom stereocenters. The molecule has 0 saturated carbocycles. The first-order chi connectivity index (χ1) is 12.6. The predicted octanol–water partition coefficient (Wildman–Crippen LogP) is 2.80. The lowest BCUT2D eigenvalue weighted by Crippen LogP contribution is -2.30. The predicted molar refractivity (Wildman–Crippen MR) is 101 cm³/mol. The van der Waals surface area contributed by atoms with E-state index < -0.39 is 6.10 Å². The monoisotopic (exact) mass is 352 g/mol. The normalized spacial score (nSPS) is 18.0. The fourth-order valence-corrected chi connectivity index (χ4v) is 3.91. The minimum absolute atomic E-state index is 0.0267. The van der Waals surface area contributed by atoms with E-state index in [9.17, 15) is 9.90 Å². The Bertz CT molecular complexity index is 973. The van der Waals surface area contributed by atoms with Gasteiger partial charge in [0.15, 0.2) is 0 Å². The highest BCUT2D eigenvalue weighted by molar-refractivity contribution is 5.75. The van der Waals surface area contributed by atoms with Gasteiger partial charge in [0, 0.05) is 7.05 Å². The summed E-state index contributed by atoms with van der Waals surface area (Å²) in [6, 6.07) is 16.0. The smallest absolute Gasteiger partial charge is 0.328 e. The molecule has 1 aromatic heterocycles. The van der Waals surface area contributed by atoms with Crippen molar-refractivity contribution in [3.8, 4) is 0 Å². The molecule has 26 heavy (non-hydrogen) atoms. The number of aliphatic hydroxyl groups is 1. The number of aromatic nitrogens is 2. The molecule has 1 N–H and O–H groups in total. The van der Waals surface area contributed by atoms with E-state index in [0.717, 1.165) is 30.3 Å². The van der Waals surface area contributed by atoms with Crippen molar-refractivity contribution in [3.63, 3.8) is 0 Å². The van der Waals surface area contributed by atoms with Gasteiger partial charge in [-0.05, 0) is 42.5 Å². The average molecular weight is 352 g/mol. The Morgan fingerprint density at radius 2 is 1.88 bits per heavy atom. The molecule has 2 aromatic carbocycles. The van der Waals surface area contributed by atoms with Crippen LogP contribution in [0.25, 0.3) is 11.0 Å². The van der Waals surface area contributed by atoms with E-state index in [4.69, 9.17) is 4.74 Å². The largest absolute Gasteiger partial charge is 0.389 e.